The van der Waals surface area contributed by atoms with Gasteiger partial charge < -0.3 is 10.4 Å². The van der Waals surface area contributed by atoms with E-state index in [2.05, 4.69) is 72.9 Å². The quantitative estimate of drug-likeness (QED) is 0.717. The predicted octanol–water partition coefficient (Wildman–Crippen LogP) is 4.65. The fraction of sp³-hybridized carbons (Fsp3) is 0.217. The Hall–Kier alpha value is -2.58. The van der Waals surface area contributed by atoms with Crippen LogP contribution in [0.25, 0.3) is 11.1 Å². The Balaban J connectivity index is 1.91. The summed E-state index contributed by atoms with van der Waals surface area (Å²) in [6.45, 7) is 3.95. The lowest BCUT2D eigenvalue weighted by Crippen LogP contribution is -2.20. The molecule has 3 aromatic carbocycles. The zero-order chi connectivity index (χ0) is 17.2. The predicted molar refractivity (Wildman–Crippen MR) is 103 cm³/mol. The molecule has 0 saturated heterocycles. The zero-order valence-corrected chi connectivity index (χ0v) is 14.5. The van der Waals surface area contributed by atoms with E-state index in [1.54, 1.807) is 0 Å². The maximum atomic E-state index is 10.6. The smallest absolute Gasteiger partial charge is 0.123 e. The van der Waals surface area contributed by atoms with Crippen LogP contribution >= 0.6 is 0 Å². The lowest BCUT2D eigenvalue weighted by molar-refractivity contribution is 0.476. The van der Waals surface area contributed by atoms with E-state index in [0.29, 0.717) is 11.7 Å². The first-order valence-electron chi connectivity index (χ1n) is 8.91. The monoisotopic (exact) mass is 329 g/mol. The topological polar surface area (TPSA) is 32.3 Å². The molecule has 25 heavy (non-hydrogen) atoms. The van der Waals surface area contributed by atoms with E-state index >= 15 is 0 Å². The highest BCUT2D eigenvalue weighted by Crippen LogP contribution is 2.40. The van der Waals surface area contributed by atoms with E-state index in [-0.39, 0.29) is 0 Å². The molecule has 1 unspecified atom stereocenters. The normalized spacial score (nSPS) is 16.9. The Kier molecular flexibility index (Phi) is 4.29. The number of aryl methyl sites for hydroxylation is 1. The Morgan fingerprint density at radius 2 is 1.80 bits per heavy atom. The molecule has 0 bridgehead atoms. The minimum Gasteiger partial charge on any atom is -0.507 e. The van der Waals surface area contributed by atoms with Gasteiger partial charge in [0.15, 0.2) is 0 Å². The number of hydrogen-bond acceptors (Lipinski definition) is 2. The van der Waals surface area contributed by atoms with Gasteiger partial charge >= 0.3 is 0 Å². The van der Waals surface area contributed by atoms with Gasteiger partial charge in [0.1, 0.15) is 5.75 Å². The summed E-state index contributed by atoms with van der Waals surface area (Å²) in [5.74, 6) is 0.681. The van der Waals surface area contributed by atoms with Crippen molar-refractivity contribution in [2.24, 2.45) is 0 Å². The first kappa shape index (κ1) is 15.9. The number of nitrogens with one attached hydrogen (secondary N) is 1. The molecule has 0 radical (unpaired) electrons. The summed E-state index contributed by atoms with van der Waals surface area (Å²) in [5, 5.41) is 14.2. The minimum absolute atomic E-state index is 0.308. The SMILES string of the molecule is Cc1cccc(-c2c(O)ccc3c2CCNCC3c2ccccc2)c1. The Morgan fingerprint density at radius 1 is 0.960 bits per heavy atom. The van der Waals surface area contributed by atoms with Crippen LogP contribution in [0.5, 0.6) is 5.75 Å². The second kappa shape index (κ2) is 6.73. The van der Waals surface area contributed by atoms with Crippen molar-refractivity contribution in [3.05, 3.63) is 89.0 Å². The van der Waals surface area contributed by atoms with Crippen LogP contribution in [-0.2, 0) is 6.42 Å². The van der Waals surface area contributed by atoms with E-state index in [1.807, 2.05) is 6.07 Å². The summed E-state index contributed by atoms with van der Waals surface area (Å²) in [6.07, 6.45) is 0.927. The molecule has 2 nitrogen and oxygen atoms in total. The molecule has 0 aliphatic carbocycles. The Morgan fingerprint density at radius 3 is 2.60 bits per heavy atom. The minimum atomic E-state index is 0.308. The molecular weight excluding hydrogens is 306 g/mol. The molecule has 1 atom stereocenters. The average molecular weight is 329 g/mol. The highest BCUT2D eigenvalue weighted by Gasteiger charge is 2.24. The van der Waals surface area contributed by atoms with Crippen LogP contribution in [0.15, 0.2) is 66.7 Å². The van der Waals surface area contributed by atoms with Crippen molar-refractivity contribution in [3.63, 3.8) is 0 Å². The number of benzene rings is 3. The van der Waals surface area contributed by atoms with Crippen molar-refractivity contribution >= 4 is 0 Å². The third-order valence-electron chi connectivity index (χ3n) is 5.11. The molecule has 4 rings (SSSR count). The van der Waals surface area contributed by atoms with Crippen molar-refractivity contribution in [2.45, 2.75) is 19.3 Å². The fourth-order valence-corrected chi connectivity index (χ4v) is 3.92. The van der Waals surface area contributed by atoms with Gasteiger partial charge in [-0.05, 0) is 48.2 Å². The summed E-state index contributed by atoms with van der Waals surface area (Å²) in [5.41, 5.74) is 7.21. The van der Waals surface area contributed by atoms with Gasteiger partial charge in [-0.25, -0.2) is 0 Å². The largest absolute Gasteiger partial charge is 0.507 e. The summed E-state index contributed by atoms with van der Waals surface area (Å²) in [7, 11) is 0. The molecule has 2 heteroatoms. The Labute approximate surface area is 149 Å². The molecule has 1 heterocycles. The van der Waals surface area contributed by atoms with Gasteiger partial charge in [-0.15, -0.1) is 0 Å². The number of rotatable bonds is 2. The molecule has 1 aliphatic heterocycles. The van der Waals surface area contributed by atoms with Gasteiger partial charge in [0.2, 0.25) is 0 Å². The molecule has 0 saturated carbocycles. The molecule has 126 valence electrons. The summed E-state index contributed by atoms with van der Waals surface area (Å²) in [4.78, 5) is 0. The van der Waals surface area contributed by atoms with Crippen molar-refractivity contribution < 1.29 is 5.11 Å². The maximum absolute atomic E-state index is 10.6. The average Bonchev–Trinajstić information content (AvgIpc) is 2.85. The second-order valence-corrected chi connectivity index (χ2v) is 6.81. The first-order valence-corrected chi connectivity index (χ1v) is 8.91. The summed E-state index contributed by atoms with van der Waals surface area (Å²) < 4.78 is 0. The molecule has 0 fully saturated rings. The molecule has 2 N–H and O–H groups in total. The third kappa shape index (κ3) is 3.06. The van der Waals surface area contributed by atoms with Crippen LogP contribution in [0.4, 0.5) is 0 Å². The number of phenolic OH excluding ortho intramolecular Hbond substituents is 1. The van der Waals surface area contributed by atoms with Gasteiger partial charge in [0.25, 0.3) is 0 Å². The second-order valence-electron chi connectivity index (χ2n) is 6.81. The van der Waals surface area contributed by atoms with Crippen LogP contribution in [0.2, 0.25) is 0 Å². The van der Waals surface area contributed by atoms with E-state index in [4.69, 9.17) is 0 Å². The standard InChI is InChI=1S/C23H23NO/c1-16-6-5-9-18(14-16)23-20-12-13-24-15-21(17-7-3-2-4-8-17)19(20)10-11-22(23)25/h2-11,14,21,24-25H,12-13,15H2,1H3. The van der Waals surface area contributed by atoms with Crippen molar-refractivity contribution in [2.75, 3.05) is 13.1 Å². The molecule has 3 aromatic rings. The molecule has 0 spiro atoms. The van der Waals surface area contributed by atoms with Crippen molar-refractivity contribution in [3.8, 4) is 16.9 Å². The fourth-order valence-electron chi connectivity index (χ4n) is 3.92. The van der Waals surface area contributed by atoms with Gasteiger partial charge in [0, 0.05) is 18.0 Å². The number of phenols is 1. The zero-order valence-electron chi connectivity index (χ0n) is 14.5. The summed E-state index contributed by atoms with van der Waals surface area (Å²) >= 11 is 0. The number of hydrogen-bond donors (Lipinski definition) is 2. The number of fused-ring (bicyclic) bond motifs is 1. The van der Waals surface area contributed by atoms with Gasteiger partial charge in [0.05, 0.1) is 0 Å². The lowest BCUT2D eigenvalue weighted by atomic mass is 9.84. The molecule has 1 aliphatic rings. The maximum Gasteiger partial charge on any atom is 0.123 e. The Bertz CT molecular complexity index is 886. The van der Waals surface area contributed by atoms with Crippen molar-refractivity contribution in [1.82, 2.24) is 5.32 Å². The van der Waals surface area contributed by atoms with Gasteiger partial charge in [-0.2, -0.15) is 0 Å². The van der Waals surface area contributed by atoms with Crippen molar-refractivity contribution in [1.29, 1.82) is 0 Å². The van der Waals surface area contributed by atoms with Crippen LogP contribution in [-0.4, -0.2) is 18.2 Å². The van der Waals surface area contributed by atoms with Gasteiger partial charge in [-0.1, -0.05) is 66.2 Å². The molecular formula is C23H23NO. The highest BCUT2D eigenvalue weighted by atomic mass is 16.3. The van der Waals surface area contributed by atoms with Crippen LogP contribution in [0.3, 0.4) is 0 Å². The van der Waals surface area contributed by atoms with Crippen LogP contribution < -0.4 is 5.32 Å². The highest BCUT2D eigenvalue weighted by molar-refractivity contribution is 5.76. The molecule has 0 amide bonds. The third-order valence-corrected chi connectivity index (χ3v) is 5.11. The lowest BCUT2D eigenvalue weighted by Gasteiger charge is -2.21. The van der Waals surface area contributed by atoms with Crippen LogP contribution in [0, 0.1) is 6.92 Å². The first-order chi connectivity index (χ1) is 12.2. The molecule has 0 aromatic heterocycles. The van der Waals surface area contributed by atoms with Crippen LogP contribution in [0.1, 0.15) is 28.2 Å². The number of aromatic hydroxyl groups is 1. The van der Waals surface area contributed by atoms with Gasteiger partial charge in [-0.3, -0.25) is 0 Å². The van der Waals surface area contributed by atoms with E-state index < -0.39 is 0 Å². The van der Waals surface area contributed by atoms with E-state index in [0.717, 1.165) is 30.6 Å². The van der Waals surface area contributed by atoms with E-state index in [9.17, 15) is 5.11 Å². The summed E-state index contributed by atoms with van der Waals surface area (Å²) in [6, 6.07) is 23.0. The van der Waals surface area contributed by atoms with E-state index in [1.165, 1.54) is 22.3 Å².